The zero-order valence-electron chi connectivity index (χ0n) is 34.4. The summed E-state index contributed by atoms with van der Waals surface area (Å²) in [7, 11) is 3.93. The number of rotatable bonds is 38. The van der Waals surface area contributed by atoms with Crippen molar-refractivity contribution in [3.63, 3.8) is 0 Å². The van der Waals surface area contributed by atoms with E-state index in [1.54, 1.807) is 0 Å². The van der Waals surface area contributed by atoms with Gasteiger partial charge in [-0.3, -0.25) is 9.59 Å². The number of thiocarbonyl (C=S) groups is 1. The largest absolute Gasteiger partial charge is 0.470 e. The number of hydrogen-bond donors (Lipinski definition) is 1. The second kappa shape index (κ2) is 40.3. The summed E-state index contributed by atoms with van der Waals surface area (Å²) in [6, 6.07) is -0.456. The van der Waals surface area contributed by atoms with Crippen LogP contribution in [0.4, 0.5) is 0 Å². The molecule has 0 aliphatic heterocycles. The van der Waals surface area contributed by atoms with Gasteiger partial charge in [-0.1, -0.05) is 141 Å². The first-order valence-corrected chi connectivity index (χ1v) is 22.0. The van der Waals surface area contributed by atoms with Crippen molar-refractivity contribution in [2.75, 3.05) is 40.5 Å². The van der Waals surface area contributed by atoms with E-state index in [4.69, 9.17) is 26.4 Å². The lowest BCUT2D eigenvalue weighted by atomic mass is 10.1. The number of carbonyl (C=O) groups is 2. The molecule has 0 radical (unpaired) electrons. The third kappa shape index (κ3) is 39.3. The highest BCUT2D eigenvalue weighted by Crippen LogP contribution is 2.12. The predicted molar refractivity (Wildman–Crippen MR) is 225 cm³/mol. The standard InChI is InChI=1S/C44H82N2O5S/c1-5-7-9-11-13-15-17-19-21-23-25-27-29-31-33-35-42(47)50-39-41(45-44(52)49-38-37-46(3)4)40-51-43(48)36-34-32-30-28-26-24-22-20-18-16-14-12-10-8-6-2/h19-22,41H,5-18,23-40H2,1-4H3,(H,45,52). The molecule has 0 aliphatic carbocycles. The van der Waals surface area contributed by atoms with Crippen molar-refractivity contribution in [2.24, 2.45) is 0 Å². The van der Waals surface area contributed by atoms with E-state index < -0.39 is 6.04 Å². The van der Waals surface area contributed by atoms with Crippen LogP contribution in [0.15, 0.2) is 24.3 Å². The molecule has 0 heterocycles. The second-order valence-electron chi connectivity index (χ2n) is 14.8. The molecule has 304 valence electrons. The van der Waals surface area contributed by atoms with Gasteiger partial charge in [-0.25, -0.2) is 0 Å². The summed E-state index contributed by atoms with van der Waals surface area (Å²) in [5.41, 5.74) is 0. The number of hydrogen-bond acceptors (Lipinski definition) is 7. The van der Waals surface area contributed by atoms with Gasteiger partial charge >= 0.3 is 11.9 Å². The molecule has 0 spiro atoms. The number of carbonyl (C=O) groups excluding carboxylic acids is 2. The minimum Gasteiger partial charge on any atom is -0.470 e. The Balaban J connectivity index is 4.15. The van der Waals surface area contributed by atoms with E-state index in [9.17, 15) is 9.59 Å². The molecule has 8 heteroatoms. The van der Waals surface area contributed by atoms with Crippen molar-refractivity contribution in [3.05, 3.63) is 24.3 Å². The molecule has 1 N–H and O–H groups in total. The molecule has 0 amide bonds. The normalized spacial score (nSPS) is 12.2. The summed E-state index contributed by atoms with van der Waals surface area (Å²) in [5, 5.41) is 3.29. The number of nitrogens with zero attached hydrogens (tertiary/aromatic N) is 1. The summed E-state index contributed by atoms with van der Waals surface area (Å²) in [6.45, 7) is 5.83. The van der Waals surface area contributed by atoms with Gasteiger partial charge in [0, 0.05) is 19.4 Å². The van der Waals surface area contributed by atoms with E-state index in [0.717, 1.165) is 57.9 Å². The minimum atomic E-state index is -0.456. The smallest absolute Gasteiger partial charge is 0.305 e. The molecule has 0 saturated carbocycles. The van der Waals surface area contributed by atoms with Crippen molar-refractivity contribution in [3.8, 4) is 0 Å². The second-order valence-corrected chi connectivity index (χ2v) is 15.2. The molecular weight excluding hydrogens is 669 g/mol. The third-order valence-electron chi connectivity index (χ3n) is 9.27. The van der Waals surface area contributed by atoms with Crippen molar-refractivity contribution in [2.45, 2.75) is 200 Å². The fourth-order valence-electron chi connectivity index (χ4n) is 5.87. The van der Waals surface area contributed by atoms with Crippen LogP contribution >= 0.6 is 12.2 Å². The van der Waals surface area contributed by atoms with Crippen LogP contribution in [-0.4, -0.2) is 68.5 Å². The van der Waals surface area contributed by atoms with Crippen molar-refractivity contribution < 1.29 is 23.8 Å². The Morgan fingerprint density at radius 1 is 0.538 bits per heavy atom. The molecule has 0 fully saturated rings. The lowest BCUT2D eigenvalue weighted by Crippen LogP contribution is -2.43. The zero-order chi connectivity index (χ0) is 38.2. The van der Waals surface area contributed by atoms with Gasteiger partial charge in [0.25, 0.3) is 5.17 Å². The van der Waals surface area contributed by atoms with Crippen molar-refractivity contribution >= 4 is 29.3 Å². The number of allylic oxidation sites excluding steroid dienone is 4. The third-order valence-corrected chi connectivity index (χ3v) is 9.51. The molecule has 0 aromatic rings. The Kier molecular flexibility index (Phi) is 38.8. The fourth-order valence-corrected chi connectivity index (χ4v) is 6.12. The van der Waals surface area contributed by atoms with Crippen LogP contribution in [-0.2, 0) is 23.8 Å². The summed E-state index contributed by atoms with van der Waals surface area (Å²) in [5.74, 6) is -0.466. The lowest BCUT2D eigenvalue weighted by Gasteiger charge is -2.21. The Morgan fingerprint density at radius 3 is 1.25 bits per heavy atom. The Labute approximate surface area is 326 Å². The maximum atomic E-state index is 12.5. The highest BCUT2D eigenvalue weighted by Gasteiger charge is 2.17. The van der Waals surface area contributed by atoms with Crippen molar-refractivity contribution in [1.82, 2.24) is 10.2 Å². The zero-order valence-corrected chi connectivity index (χ0v) is 35.2. The number of ether oxygens (including phenoxy) is 3. The van der Waals surface area contributed by atoms with Gasteiger partial charge in [0.05, 0.1) is 6.04 Å². The molecule has 0 bridgehead atoms. The first kappa shape index (κ1) is 50.1. The highest BCUT2D eigenvalue weighted by molar-refractivity contribution is 7.80. The minimum absolute atomic E-state index is 0.0712. The monoisotopic (exact) mass is 751 g/mol. The number of nitrogens with one attached hydrogen (secondary N) is 1. The maximum Gasteiger partial charge on any atom is 0.305 e. The Bertz CT molecular complexity index is 823. The van der Waals surface area contributed by atoms with Crippen LogP contribution in [0, 0.1) is 0 Å². The number of esters is 2. The van der Waals surface area contributed by atoms with Crippen LogP contribution < -0.4 is 5.32 Å². The SMILES string of the molecule is CCCCCCCCC=CCCCCCCCC(=O)OCC(COC(=O)CCCCCCCC=CCCCCCCCC)NC(=S)OCCN(C)C. The molecule has 0 saturated heterocycles. The summed E-state index contributed by atoms with van der Waals surface area (Å²) in [6.07, 6.45) is 41.8. The topological polar surface area (TPSA) is 77.1 Å². The highest BCUT2D eigenvalue weighted by atomic mass is 32.1. The molecule has 52 heavy (non-hydrogen) atoms. The number of likely N-dealkylation sites (N-methyl/N-ethyl adjacent to an activating group) is 1. The van der Waals surface area contributed by atoms with E-state index in [0.29, 0.717) is 19.4 Å². The van der Waals surface area contributed by atoms with Gasteiger partial charge in [0.15, 0.2) is 0 Å². The summed E-state index contributed by atoms with van der Waals surface area (Å²) >= 11 is 5.35. The molecule has 7 nitrogen and oxygen atoms in total. The van der Waals surface area contributed by atoms with E-state index in [1.807, 2.05) is 19.0 Å². The first-order chi connectivity index (χ1) is 25.4. The van der Waals surface area contributed by atoms with E-state index in [-0.39, 0.29) is 30.3 Å². The molecular formula is C44H82N2O5S. The maximum absolute atomic E-state index is 12.5. The van der Waals surface area contributed by atoms with Crippen LogP contribution in [0.25, 0.3) is 0 Å². The molecule has 0 unspecified atom stereocenters. The molecule has 0 aromatic heterocycles. The summed E-state index contributed by atoms with van der Waals surface area (Å²) < 4.78 is 16.7. The van der Waals surface area contributed by atoms with Crippen LogP contribution in [0.5, 0.6) is 0 Å². The lowest BCUT2D eigenvalue weighted by molar-refractivity contribution is -0.147. The average Bonchev–Trinajstić information content (AvgIpc) is 3.12. The van der Waals surface area contributed by atoms with Gasteiger partial charge < -0.3 is 24.4 Å². The van der Waals surface area contributed by atoms with Crippen LogP contribution in [0.1, 0.15) is 194 Å². The van der Waals surface area contributed by atoms with E-state index in [2.05, 4.69) is 43.5 Å². The van der Waals surface area contributed by atoms with Crippen LogP contribution in [0.2, 0.25) is 0 Å². The first-order valence-electron chi connectivity index (χ1n) is 21.6. The van der Waals surface area contributed by atoms with Gasteiger partial charge in [-0.2, -0.15) is 0 Å². The molecule has 0 aliphatic rings. The van der Waals surface area contributed by atoms with Crippen molar-refractivity contribution in [1.29, 1.82) is 0 Å². The van der Waals surface area contributed by atoms with Gasteiger partial charge in [-0.05, 0) is 90.5 Å². The predicted octanol–water partition coefficient (Wildman–Crippen LogP) is 12.0. The Morgan fingerprint density at radius 2 is 0.885 bits per heavy atom. The summed E-state index contributed by atoms with van der Waals surface area (Å²) in [4.78, 5) is 27.0. The van der Waals surface area contributed by atoms with Gasteiger partial charge in [0.1, 0.15) is 19.8 Å². The molecule has 0 rings (SSSR count). The molecule has 0 atom stereocenters. The van der Waals surface area contributed by atoms with Gasteiger partial charge in [0.2, 0.25) is 0 Å². The average molecular weight is 751 g/mol. The van der Waals surface area contributed by atoms with E-state index >= 15 is 0 Å². The van der Waals surface area contributed by atoms with Gasteiger partial charge in [-0.15, -0.1) is 0 Å². The fraction of sp³-hybridized carbons (Fsp3) is 0.841. The van der Waals surface area contributed by atoms with E-state index in [1.165, 1.54) is 116 Å². The number of unbranched alkanes of at least 4 members (excludes halogenated alkanes) is 22. The molecule has 0 aromatic carbocycles. The quantitative estimate of drug-likeness (QED) is 0.0289. The Hall–Kier alpha value is -1.93. The van der Waals surface area contributed by atoms with Crippen LogP contribution in [0.3, 0.4) is 0 Å².